The Balaban J connectivity index is 2.12. The molecule has 2 atom stereocenters. The zero-order valence-corrected chi connectivity index (χ0v) is 8.07. The van der Waals surface area contributed by atoms with Gasteiger partial charge in [-0.05, 0) is 55.1 Å². The third-order valence-electron chi connectivity index (χ3n) is 4.11. The maximum absolute atomic E-state index is 13.5. The summed E-state index contributed by atoms with van der Waals surface area (Å²) in [4.78, 5) is 0. The lowest BCUT2D eigenvalue weighted by Gasteiger charge is -2.53. The average Bonchev–Trinajstić information content (AvgIpc) is 2.08. The average molecular weight is 178 g/mol. The Morgan fingerprint density at radius 2 is 2.38 bits per heavy atom. The minimum atomic E-state index is 0.0943. The number of hydrogen-bond acceptors (Lipinski definition) is 0. The van der Waals surface area contributed by atoms with E-state index < -0.39 is 0 Å². The van der Waals surface area contributed by atoms with Gasteiger partial charge < -0.3 is 0 Å². The van der Waals surface area contributed by atoms with Crippen molar-refractivity contribution in [1.82, 2.24) is 0 Å². The van der Waals surface area contributed by atoms with Gasteiger partial charge in [-0.3, -0.25) is 0 Å². The molecule has 1 heteroatoms. The van der Waals surface area contributed by atoms with E-state index in [4.69, 9.17) is 0 Å². The topological polar surface area (TPSA) is 0 Å². The number of allylic oxidation sites excluding steroid dienone is 4. The molecule has 0 saturated heterocycles. The minimum Gasteiger partial charge on any atom is -0.207 e. The van der Waals surface area contributed by atoms with Crippen LogP contribution >= 0.6 is 0 Å². The first-order chi connectivity index (χ1) is 6.21. The van der Waals surface area contributed by atoms with Crippen LogP contribution in [0, 0.1) is 11.3 Å². The Bertz CT molecular complexity index is 324. The lowest BCUT2D eigenvalue weighted by atomic mass is 9.51. The van der Waals surface area contributed by atoms with E-state index in [9.17, 15) is 4.39 Å². The molecule has 0 amide bonds. The molecule has 0 aromatic rings. The summed E-state index contributed by atoms with van der Waals surface area (Å²) >= 11 is 0. The van der Waals surface area contributed by atoms with Gasteiger partial charge in [0.15, 0.2) is 0 Å². The predicted molar refractivity (Wildman–Crippen MR) is 50.9 cm³/mol. The van der Waals surface area contributed by atoms with Crippen molar-refractivity contribution in [2.24, 2.45) is 11.3 Å². The van der Waals surface area contributed by atoms with Crippen LogP contribution in [0.4, 0.5) is 4.39 Å². The fourth-order valence-electron chi connectivity index (χ4n) is 3.57. The van der Waals surface area contributed by atoms with Gasteiger partial charge in [-0.15, -0.1) is 0 Å². The second kappa shape index (κ2) is 2.26. The van der Waals surface area contributed by atoms with Crippen LogP contribution < -0.4 is 0 Å². The van der Waals surface area contributed by atoms with Crippen molar-refractivity contribution in [3.63, 3.8) is 0 Å². The van der Waals surface area contributed by atoms with Gasteiger partial charge in [0, 0.05) is 0 Å². The van der Waals surface area contributed by atoms with E-state index in [1.807, 2.05) is 0 Å². The molecule has 3 rings (SSSR count). The monoisotopic (exact) mass is 178 g/mol. The summed E-state index contributed by atoms with van der Waals surface area (Å²) in [6.07, 6.45) is 7.52. The third-order valence-corrected chi connectivity index (χ3v) is 4.11. The molecule has 0 aromatic heterocycles. The van der Waals surface area contributed by atoms with E-state index in [1.165, 1.54) is 24.8 Å². The summed E-state index contributed by atoms with van der Waals surface area (Å²) in [5.41, 5.74) is 2.96. The molecule has 0 bridgehead atoms. The Labute approximate surface area is 78.5 Å². The summed E-state index contributed by atoms with van der Waals surface area (Å²) < 4.78 is 13.5. The zero-order chi connectivity index (χ0) is 9.05. The molecule has 2 unspecified atom stereocenters. The summed E-state index contributed by atoms with van der Waals surface area (Å²) in [7, 11) is 0. The molecule has 0 N–H and O–H groups in total. The van der Waals surface area contributed by atoms with Crippen LogP contribution in [0.3, 0.4) is 0 Å². The third kappa shape index (κ3) is 0.853. The molecule has 0 spiro atoms. The minimum absolute atomic E-state index is 0.0943. The molecule has 0 nitrogen and oxygen atoms in total. The highest BCUT2D eigenvalue weighted by atomic mass is 19.1. The van der Waals surface area contributed by atoms with E-state index in [-0.39, 0.29) is 5.83 Å². The molecule has 0 aliphatic heterocycles. The normalized spacial score (nSPS) is 42.3. The van der Waals surface area contributed by atoms with Crippen LogP contribution in [0.1, 0.15) is 39.0 Å². The molecule has 70 valence electrons. The second-order valence-corrected chi connectivity index (χ2v) is 5.00. The second-order valence-electron chi connectivity index (χ2n) is 5.00. The van der Waals surface area contributed by atoms with Gasteiger partial charge in [0.25, 0.3) is 0 Å². The van der Waals surface area contributed by atoms with Crippen LogP contribution in [-0.4, -0.2) is 0 Å². The van der Waals surface area contributed by atoms with E-state index >= 15 is 0 Å². The highest BCUT2D eigenvalue weighted by Gasteiger charge is 2.49. The highest BCUT2D eigenvalue weighted by molar-refractivity contribution is 5.45. The maximum Gasteiger partial charge on any atom is 0.122 e. The first-order valence-corrected chi connectivity index (χ1v) is 5.30. The fourth-order valence-corrected chi connectivity index (χ4v) is 3.57. The first-order valence-electron chi connectivity index (χ1n) is 5.30. The largest absolute Gasteiger partial charge is 0.207 e. The smallest absolute Gasteiger partial charge is 0.122 e. The lowest BCUT2D eigenvalue weighted by Crippen LogP contribution is -2.42. The van der Waals surface area contributed by atoms with Crippen LogP contribution in [0.2, 0.25) is 0 Å². The predicted octanol–water partition coefficient (Wildman–Crippen LogP) is 3.75. The lowest BCUT2D eigenvalue weighted by molar-refractivity contribution is 0.147. The van der Waals surface area contributed by atoms with Crippen LogP contribution in [-0.2, 0) is 0 Å². The van der Waals surface area contributed by atoms with Gasteiger partial charge in [0.2, 0.25) is 0 Å². The van der Waals surface area contributed by atoms with Crippen molar-refractivity contribution in [2.75, 3.05) is 0 Å². The van der Waals surface area contributed by atoms with Crippen molar-refractivity contribution in [3.05, 3.63) is 23.0 Å². The quantitative estimate of drug-likeness (QED) is 0.530. The zero-order valence-electron chi connectivity index (χ0n) is 8.07. The number of halogens is 1. The molecule has 0 aromatic carbocycles. The Morgan fingerprint density at radius 3 is 3.15 bits per heavy atom. The standard InChI is InChI=1S/C12H15F/c1-12-6-2-3-9-10(13)5-4-8(7-12)11(9)12/h5,8H,2-4,6-7H2,1H3. The van der Waals surface area contributed by atoms with E-state index in [0.717, 1.165) is 18.4 Å². The molecule has 0 heterocycles. The van der Waals surface area contributed by atoms with Crippen molar-refractivity contribution >= 4 is 0 Å². The maximum atomic E-state index is 13.5. The number of rotatable bonds is 0. The summed E-state index contributed by atoms with van der Waals surface area (Å²) in [5.74, 6) is 0.802. The van der Waals surface area contributed by atoms with Crippen molar-refractivity contribution in [2.45, 2.75) is 39.0 Å². The van der Waals surface area contributed by atoms with E-state index in [0.29, 0.717) is 11.3 Å². The highest BCUT2D eigenvalue weighted by Crippen LogP contribution is 2.61. The van der Waals surface area contributed by atoms with Gasteiger partial charge in [-0.25, -0.2) is 4.39 Å². The molecular formula is C12H15F. The molecule has 3 aliphatic carbocycles. The van der Waals surface area contributed by atoms with Gasteiger partial charge in [0.1, 0.15) is 5.83 Å². The van der Waals surface area contributed by atoms with Crippen molar-refractivity contribution in [1.29, 1.82) is 0 Å². The van der Waals surface area contributed by atoms with Gasteiger partial charge in [-0.2, -0.15) is 0 Å². The van der Waals surface area contributed by atoms with E-state index in [1.54, 1.807) is 6.08 Å². The Hall–Kier alpha value is -0.590. The SMILES string of the molecule is CC12CCCC3=C1C(CC=C3F)C2. The molecule has 13 heavy (non-hydrogen) atoms. The summed E-state index contributed by atoms with van der Waals surface area (Å²) in [6, 6.07) is 0. The van der Waals surface area contributed by atoms with Gasteiger partial charge >= 0.3 is 0 Å². The summed E-state index contributed by atoms with van der Waals surface area (Å²) in [6.45, 7) is 2.32. The Kier molecular flexibility index (Phi) is 1.35. The van der Waals surface area contributed by atoms with Gasteiger partial charge in [0.05, 0.1) is 0 Å². The number of hydrogen-bond donors (Lipinski definition) is 0. The van der Waals surface area contributed by atoms with Crippen molar-refractivity contribution in [3.8, 4) is 0 Å². The molecular weight excluding hydrogens is 163 g/mol. The molecule has 1 saturated carbocycles. The molecule has 0 radical (unpaired) electrons. The Morgan fingerprint density at radius 1 is 1.54 bits per heavy atom. The van der Waals surface area contributed by atoms with Crippen molar-refractivity contribution < 1.29 is 4.39 Å². The molecule has 1 fully saturated rings. The van der Waals surface area contributed by atoms with Crippen LogP contribution in [0.15, 0.2) is 23.0 Å². The molecule has 3 aliphatic rings. The van der Waals surface area contributed by atoms with Crippen LogP contribution in [0.25, 0.3) is 0 Å². The van der Waals surface area contributed by atoms with Gasteiger partial charge in [-0.1, -0.05) is 12.5 Å². The van der Waals surface area contributed by atoms with Crippen LogP contribution in [0.5, 0.6) is 0 Å². The first kappa shape index (κ1) is 7.78. The van der Waals surface area contributed by atoms with E-state index in [2.05, 4.69) is 6.92 Å². The fraction of sp³-hybridized carbons (Fsp3) is 0.667. The summed E-state index contributed by atoms with van der Waals surface area (Å²) in [5, 5.41) is 0.